The van der Waals surface area contributed by atoms with Crippen molar-refractivity contribution < 1.29 is 4.79 Å². The monoisotopic (exact) mass is 553 g/mol. The molecular weight excluding hydrogens is 514 g/mol. The number of piperidine rings is 1. The van der Waals surface area contributed by atoms with Crippen molar-refractivity contribution in [3.05, 3.63) is 53.9 Å². The van der Waals surface area contributed by atoms with Gasteiger partial charge in [0, 0.05) is 66.3 Å². The van der Waals surface area contributed by atoms with Gasteiger partial charge in [-0.05, 0) is 88.6 Å². The highest BCUT2D eigenvalue weighted by molar-refractivity contribution is 5.99. The number of benzene rings is 1. The van der Waals surface area contributed by atoms with Crippen LogP contribution in [0.3, 0.4) is 0 Å². The van der Waals surface area contributed by atoms with Crippen molar-refractivity contribution in [3.63, 3.8) is 0 Å². The van der Waals surface area contributed by atoms with Crippen LogP contribution in [0.4, 0.5) is 17.5 Å². The molecule has 214 valence electrons. The number of nitrogens with two attached hydrogens (primary N) is 1. The number of aromatic nitrogens is 5. The minimum absolute atomic E-state index is 0.100. The van der Waals surface area contributed by atoms with E-state index in [1.165, 1.54) is 19.3 Å². The Morgan fingerprint density at radius 3 is 2.68 bits per heavy atom. The summed E-state index contributed by atoms with van der Waals surface area (Å²) >= 11 is 0. The first-order valence-electron chi connectivity index (χ1n) is 15.1. The van der Waals surface area contributed by atoms with Gasteiger partial charge in [-0.3, -0.25) is 9.48 Å². The lowest BCUT2D eigenvalue weighted by Crippen LogP contribution is -2.42. The second kappa shape index (κ2) is 10.4. The number of fused-ring (bicyclic) bond motifs is 2. The molecule has 1 aliphatic carbocycles. The molecule has 1 amide bonds. The van der Waals surface area contributed by atoms with E-state index in [9.17, 15) is 4.79 Å². The smallest absolute Gasteiger partial charge is 0.254 e. The number of carbonyl (C=O) groups is 1. The van der Waals surface area contributed by atoms with Crippen molar-refractivity contribution in [2.45, 2.75) is 83.5 Å². The highest BCUT2D eigenvalue weighted by Gasteiger charge is 2.36. The number of nitrogens with one attached hydrogen (secondary N) is 1. The predicted molar refractivity (Wildman–Crippen MR) is 161 cm³/mol. The topological polar surface area (TPSA) is 110 Å². The maximum atomic E-state index is 13.2. The predicted octanol–water partition coefficient (Wildman–Crippen LogP) is 5.13. The molecular formula is C31H39N9O. The molecule has 5 heterocycles. The molecule has 2 fully saturated rings. The summed E-state index contributed by atoms with van der Waals surface area (Å²) < 4.78 is 4.02. The summed E-state index contributed by atoms with van der Waals surface area (Å²) in [7, 11) is 0. The molecule has 0 bridgehead atoms. The second-order valence-electron chi connectivity index (χ2n) is 12.1. The quantitative estimate of drug-likeness (QED) is 0.319. The Labute approximate surface area is 240 Å². The van der Waals surface area contributed by atoms with Gasteiger partial charge >= 0.3 is 0 Å². The zero-order chi connectivity index (χ0) is 28.1. The number of nitrogen functional groups attached to an aromatic ring is 1. The Morgan fingerprint density at radius 1 is 1.02 bits per heavy atom. The largest absolute Gasteiger partial charge is 0.399 e. The Balaban J connectivity index is 1.15. The molecule has 10 nitrogen and oxygen atoms in total. The number of amides is 1. The molecule has 2 aliphatic heterocycles. The highest BCUT2D eigenvalue weighted by Crippen LogP contribution is 2.35. The average molecular weight is 554 g/mol. The van der Waals surface area contributed by atoms with Crippen LogP contribution in [-0.2, 0) is 6.54 Å². The number of hydrogen-bond acceptors (Lipinski definition) is 7. The fourth-order valence-corrected chi connectivity index (χ4v) is 6.79. The molecule has 0 radical (unpaired) electrons. The van der Waals surface area contributed by atoms with Crippen LogP contribution < -0.4 is 16.0 Å². The summed E-state index contributed by atoms with van der Waals surface area (Å²) in [5.74, 6) is 1.84. The van der Waals surface area contributed by atoms with E-state index in [2.05, 4.69) is 47.5 Å². The van der Waals surface area contributed by atoms with Crippen LogP contribution in [-0.4, -0.2) is 60.4 Å². The van der Waals surface area contributed by atoms with Crippen LogP contribution in [0.5, 0.6) is 0 Å². The summed E-state index contributed by atoms with van der Waals surface area (Å²) in [6.45, 7) is 6.97. The molecule has 1 saturated carbocycles. The van der Waals surface area contributed by atoms with E-state index < -0.39 is 0 Å². The van der Waals surface area contributed by atoms with Crippen LogP contribution in [0, 0.1) is 0 Å². The molecule has 0 spiro atoms. The average Bonchev–Trinajstić information content (AvgIpc) is 3.71. The van der Waals surface area contributed by atoms with Crippen LogP contribution in [0.1, 0.15) is 80.8 Å². The Hall–Kier alpha value is -4.08. The normalized spacial score (nSPS) is 21.2. The Kier molecular flexibility index (Phi) is 6.55. The highest BCUT2D eigenvalue weighted by atomic mass is 16.2. The maximum Gasteiger partial charge on any atom is 0.254 e. The number of anilines is 3. The number of carbonyl (C=O) groups excluding carboxylic acids is 1. The molecule has 1 saturated heterocycles. The van der Waals surface area contributed by atoms with Crippen LogP contribution in [0.15, 0.2) is 42.7 Å². The zero-order valence-electron chi connectivity index (χ0n) is 24.0. The summed E-state index contributed by atoms with van der Waals surface area (Å²) in [6, 6.07) is 10.6. The maximum absolute atomic E-state index is 13.2. The minimum Gasteiger partial charge on any atom is -0.399 e. The fourth-order valence-electron chi connectivity index (χ4n) is 6.79. The van der Waals surface area contributed by atoms with Crippen molar-refractivity contribution in [1.29, 1.82) is 0 Å². The molecule has 3 aliphatic rings. The molecule has 10 heteroatoms. The summed E-state index contributed by atoms with van der Waals surface area (Å²) in [4.78, 5) is 22.6. The van der Waals surface area contributed by atoms with Crippen LogP contribution >= 0.6 is 0 Å². The first kappa shape index (κ1) is 25.9. The molecule has 4 aromatic rings. The van der Waals surface area contributed by atoms with Crippen molar-refractivity contribution in [3.8, 4) is 11.1 Å². The summed E-state index contributed by atoms with van der Waals surface area (Å²) in [6.07, 6.45) is 11.7. The van der Waals surface area contributed by atoms with Gasteiger partial charge in [-0.2, -0.15) is 14.6 Å². The fraction of sp³-hybridized carbons (Fsp3) is 0.484. The third-order valence-electron chi connectivity index (χ3n) is 8.96. The molecule has 41 heavy (non-hydrogen) atoms. The molecule has 0 unspecified atom stereocenters. The van der Waals surface area contributed by atoms with Gasteiger partial charge in [0.2, 0.25) is 5.95 Å². The van der Waals surface area contributed by atoms with Gasteiger partial charge < -0.3 is 20.9 Å². The SMILES string of the molecule is CC(C)n1cc(-c2ccc3nc(N[C@@H]4CCC[C@H](N5Cc6ccc(N)cc6C5=O)C4)nn3c2N2CCCCC2)cn1. The number of pyridine rings is 1. The van der Waals surface area contributed by atoms with Gasteiger partial charge in [-0.1, -0.05) is 6.07 Å². The van der Waals surface area contributed by atoms with Gasteiger partial charge in [-0.15, -0.1) is 5.10 Å². The van der Waals surface area contributed by atoms with Gasteiger partial charge in [0.25, 0.3) is 5.91 Å². The lowest BCUT2D eigenvalue weighted by atomic mass is 9.90. The van der Waals surface area contributed by atoms with Crippen molar-refractivity contribution in [2.75, 3.05) is 29.0 Å². The number of hydrogen-bond donors (Lipinski definition) is 2. The van der Waals surface area contributed by atoms with E-state index in [-0.39, 0.29) is 18.0 Å². The summed E-state index contributed by atoms with van der Waals surface area (Å²) in [5, 5.41) is 13.3. The van der Waals surface area contributed by atoms with Gasteiger partial charge in [0.15, 0.2) is 5.65 Å². The van der Waals surface area contributed by atoms with Crippen LogP contribution in [0.2, 0.25) is 0 Å². The van der Waals surface area contributed by atoms with E-state index >= 15 is 0 Å². The third-order valence-corrected chi connectivity index (χ3v) is 8.96. The molecule has 7 rings (SSSR count). The molecule has 3 aromatic heterocycles. The lowest BCUT2D eigenvalue weighted by molar-refractivity contribution is 0.0654. The number of nitrogens with zero attached hydrogens (tertiary/aromatic N) is 7. The third kappa shape index (κ3) is 4.79. The molecule has 2 atom stereocenters. The van der Waals surface area contributed by atoms with Gasteiger partial charge in [0.05, 0.1) is 6.20 Å². The standard InChI is InChI=1S/C31H39N9O/c1-20(2)39-19-22(17-33-39)26-11-12-28-35-31(36-40(28)29(26)37-13-4-3-5-14-37)34-24-7-6-8-25(16-24)38-18-21-9-10-23(32)15-27(21)30(38)41/h9-12,15,17,19-20,24-25H,3-8,13-14,16,18,32H2,1-2H3,(H,34,36)/t24-,25+/m1/s1. The Morgan fingerprint density at radius 2 is 1.88 bits per heavy atom. The van der Waals surface area contributed by atoms with E-state index in [1.807, 2.05) is 38.5 Å². The van der Waals surface area contributed by atoms with Crippen molar-refractivity contribution in [1.82, 2.24) is 29.3 Å². The van der Waals surface area contributed by atoms with E-state index in [0.29, 0.717) is 24.2 Å². The minimum atomic E-state index is 0.100. The van der Waals surface area contributed by atoms with E-state index in [0.717, 1.165) is 72.5 Å². The van der Waals surface area contributed by atoms with E-state index in [4.69, 9.17) is 15.8 Å². The van der Waals surface area contributed by atoms with Crippen LogP contribution in [0.25, 0.3) is 16.8 Å². The molecule has 1 aromatic carbocycles. The summed E-state index contributed by atoms with van der Waals surface area (Å²) in [5.41, 5.74) is 11.5. The van der Waals surface area contributed by atoms with Gasteiger partial charge in [-0.25, -0.2) is 0 Å². The second-order valence-corrected chi connectivity index (χ2v) is 12.1. The van der Waals surface area contributed by atoms with Gasteiger partial charge in [0.1, 0.15) is 5.82 Å². The Bertz CT molecular complexity index is 1580. The number of rotatable bonds is 6. The van der Waals surface area contributed by atoms with Crippen molar-refractivity contribution in [2.24, 2.45) is 0 Å². The first-order chi connectivity index (χ1) is 19.9. The molecule has 3 N–H and O–H groups in total. The zero-order valence-corrected chi connectivity index (χ0v) is 24.0. The van der Waals surface area contributed by atoms with E-state index in [1.54, 1.807) is 0 Å². The van der Waals surface area contributed by atoms with Crippen molar-refractivity contribution >= 4 is 29.0 Å². The first-order valence-corrected chi connectivity index (χ1v) is 15.1. The lowest BCUT2D eigenvalue weighted by Gasteiger charge is -2.35.